The van der Waals surface area contributed by atoms with Gasteiger partial charge in [0.15, 0.2) is 5.16 Å². The van der Waals surface area contributed by atoms with Crippen molar-refractivity contribution in [3.05, 3.63) is 114 Å². The van der Waals surface area contributed by atoms with Gasteiger partial charge in [0, 0.05) is 23.2 Å². The molecular formula is C25H21N3S. The molecule has 1 aliphatic heterocycles. The van der Waals surface area contributed by atoms with E-state index < -0.39 is 0 Å². The highest BCUT2D eigenvalue weighted by Gasteiger charge is 2.23. The van der Waals surface area contributed by atoms with Crippen molar-refractivity contribution in [2.24, 2.45) is 0 Å². The molecule has 4 heteroatoms. The van der Waals surface area contributed by atoms with Crippen LogP contribution in [0.15, 0.2) is 108 Å². The second-order valence-electron chi connectivity index (χ2n) is 6.99. The van der Waals surface area contributed by atoms with Crippen molar-refractivity contribution in [3.63, 3.8) is 0 Å². The van der Waals surface area contributed by atoms with Crippen LogP contribution in [0.4, 0.5) is 0 Å². The van der Waals surface area contributed by atoms with Crippen LogP contribution in [0.25, 0.3) is 16.2 Å². The molecule has 142 valence electrons. The van der Waals surface area contributed by atoms with E-state index in [4.69, 9.17) is 4.98 Å². The Morgan fingerprint density at radius 2 is 1.41 bits per heavy atom. The number of thioether (sulfide) groups is 1. The predicted octanol–water partition coefficient (Wildman–Crippen LogP) is 5.99. The van der Waals surface area contributed by atoms with E-state index in [0.717, 1.165) is 23.0 Å². The second-order valence-corrected chi connectivity index (χ2v) is 8.00. The molecule has 0 saturated heterocycles. The van der Waals surface area contributed by atoms with Crippen LogP contribution in [0.5, 0.6) is 0 Å². The molecule has 3 aromatic carbocycles. The third-order valence-electron chi connectivity index (χ3n) is 4.99. The Bertz CT molecular complexity index is 1120. The molecule has 1 N–H and O–H groups in total. The van der Waals surface area contributed by atoms with Crippen molar-refractivity contribution in [1.82, 2.24) is 14.9 Å². The number of aromatic nitrogens is 2. The molecular weight excluding hydrogens is 374 g/mol. The summed E-state index contributed by atoms with van der Waals surface area (Å²) in [7, 11) is 0. The van der Waals surface area contributed by atoms with Crippen molar-refractivity contribution >= 4 is 16.7 Å². The average molecular weight is 396 g/mol. The average Bonchev–Trinajstić information content (AvgIpc) is 3.24. The Morgan fingerprint density at radius 3 is 2.10 bits per heavy atom. The van der Waals surface area contributed by atoms with Crippen LogP contribution in [0.3, 0.4) is 0 Å². The minimum Gasteiger partial charge on any atom is -0.305 e. The lowest BCUT2D eigenvalue weighted by Gasteiger charge is -2.25. The van der Waals surface area contributed by atoms with Crippen LogP contribution in [-0.2, 0) is 6.54 Å². The van der Waals surface area contributed by atoms with Gasteiger partial charge in [0.25, 0.3) is 0 Å². The number of hydrogen-bond donors (Lipinski definition) is 1. The van der Waals surface area contributed by atoms with Crippen LogP contribution in [0.2, 0.25) is 0 Å². The van der Waals surface area contributed by atoms with Gasteiger partial charge in [0.2, 0.25) is 0 Å². The first kappa shape index (κ1) is 18.0. The van der Waals surface area contributed by atoms with Gasteiger partial charge in [0.1, 0.15) is 6.17 Å². The summed E-state index contributed by atoms with van der Waals surface area (Å²) in [5, 5.41) is 4.70. The molecule has 2 heterocycles. The van der Waals surface area contributed by atoms with Crippen molar-refractivity contribution in [2.75, 3.05) is 0 Å². The fraction of sp³-hybridized carbons (Fsp3) is 0.0800. The first-order chi connectivity index (χ1) is 14.4. The van der Waals surface area contributed by atoms with Gasteiger partial charge in [-0.15, -0.1) is 0 Å². The number of hydrogen-bond acceptors (Lipinski definition) is 3. The largest absolute Gasteiger partial charge is 0.305 e. The van der Waals surface area contributed by atoms with Crippen molar-refractivity contribution < 1.29 is 0 Å². The van der Waals surface area contributed by atoms with Gasteiger partial charge in [0.05, 0.1) is 5.69 Å². The minimum absolute atomic E-state index is 0.0478. The van der Waals surface area contributed by atoms with Crippen molar-refractivity contribution in [1.29, 1.82) is 0 Å². The van der Waals surface area contributed by atoms with E-state index in [0.29, 0.717) is 0 Å². The third-order valence-corrected chi connectivity index (χ3v) is 6.07. The summed E-state index contributed by atoms with van der Waals surface area (Å²) in [5.74, 6) is 0. The molecule has 1 aromatic heterocycles. The maximum absolute atomic E-state index is 4.95. The molecule has 0 bridgehead atoms. The summed E-state index contributed by atoms with van der Waals surface area (Å²) < 4.78 is 2.24. The molecule has 1 unspecified atom stereocenters. The molecule has 0 spiro atoms. The smallest absolute Gasteiger partial charge is 0.175 e. The molecule has 4 aromatic rings. The third kappa shape index (κ3) is 3.90. The summed E-state index contributed by atoms with van der Waals surface area (Å²) in [4.78, 5) is 6.18. The van der Waals surface area contributed by atoms with Crippen molar-refractivity contribution in [2.45, 2.75) is 17.9 Å². The van der Waals surface area contributed by atoms with E-state index in [1.165, 1.54) is 16.0 Å². The van der Waals surface area contributed by atoms with E-state index in [-0.39, 0.29) is 6.17 Å². The maximum Gasteiger partial charge on any atom is 0.175 e. The molecule has 1 aliphatic rings. The minimum atomic E-state index is 0.0478. The Labute approximate surface area is 175 Å². The lowest BCUT2D eigenvalue weighted by molar-refractivity contribution is 0.450. The molecule has 0 amide bonds. The van der Waals surface area contributed by atoms with Crippen LogP contribution >= 0.6 is 11.8 Å². The molecule has 0 radical (unpaired) electrons. The predicted molar refractivity (Wildman–Crippen MR) is 120 cm³/mol. The zero-order chi connectivity index (χ0) is 19.5. The Balaban J connectivity index is 1.49. The highest BCUT2D eigenvalue weighted by molar-refractivity contribution is 8.08. The summed E-state index contributed by atoms with van der Waals surface area (Å²) in [5.41, 5.74) is 4.63. The lowest BCUT2D eigenvalue weighted by atomic mass is 10.2. The molecule has 29 heavy (non-hydrogen) atoms. The van der Waals surface area contributed by atoms with Gasteiger partial charge in [-0.25, -0.2) is 4.98 Å². The Hall–Kier alpha value is -3.08. The number of nitrogens with zero attached hydrogens (tertiary/aromatic N) is 2. The summed E-state index contributed by atoms with van der Waals surface area (Å²) >= 11 is 1.72. The molecule has 1 atom stereocenters. The van der Waals surface area contributed by atoms with Crippen LogP contribution in [0, 0.1) is 0 Å². The Morgan fingerprint density at radius 1 is 0.793 bits per heavy atom. The van der Waals surface area contributed by atoms with E-state index in [1.807, 2.05) is 12.1 Å². The summed E-state index contributed by atoms with van der Waals surface area (Å²) in [6.07, 6.45) is 4.50. The molecule has 0 saturated carbocycles. The van der Waals surface area contributed by atoms with Crippen LogP contribution in [0.1, 0.15) is 17.3 Å². The number of imidazole rings is 1. The zero-order valence-electron chi connectivity index (χ0n) is 15.9. The van der Waals surface area contributed by atoms with Crippen LogP contribution in [-0.4, -0.2) is 9.55 Å². The lowest BCUT2D eigenvalue weighted by Crippen LogP contribution is -2.26. The van der Waals surface area contributed by atoms with E-state index >= 15 is 0 Å². The molecule has 0 fully saturated rings. The Kier molecular flexibility index (Phi) is 5.03. The van der Waals surface area contributed by atoms with E-state index in [9.17, 15) is 0 Å². The van der Waals surface area contributed by atoms with E-state index in [1.54, 1.807) is 11.8 Å². The maximum atomic E-state index is 4.95. The molecule has 3 nitrogen and oxygen atoms in total. The summed E-state index contributed by atoms with van der Waals surface area (Å²) in [6.45, 7) is 0.799. The fourth-order valence-corrected chi connectivity index (χ4v) is 4.55. The molecule has 5 rings (SSSR count). The number of rotatable bonds is 5. The van der Waals surface area contributed by atoms with Crippen molar-refractivity contribution in [3.8, 4) is 11.3 Å². The van der Waals surface area contributed by atoms with Gasteiger partial charge in [-0.1, -0.05) is 103 Å². The molecule has 0 aliphatic carbocycles. The van der Waals surface area contributed by atoms with Gasteiger partial charge < -0.3 is 4.57 Å². The van der Waals surface area contributed by atoms with Gasteiger partial charge >= 0.3 is 0 Å². The SMILES string of the molecule is C1=C(c2ccccc2)Sc2nc(-c3ccccc3)cn2C1NCc1ccccc1. The van der Waals surface area contributed by atoms with Gasteiger partial charge in [-0.05, 0) is 17.2 Å². The first-order valence-corrected chi connectivity index (χ1v) is 10.6. The topological polar surface area (TPSA) is 29.9 Å². The number of fused-ring (bicyclic) bond motifs is 1. The van der Waals surface area contributed by atoms with Gasteiger partial charge in [-0.3, -0.25) is 5.32 Å². The van der Waals surface area contributed by atoms with Crippen LogP contribution < -0.4 is 5.32 Å². The second kappa shape index (κ2) is 8.11. The number of nitrogens with one attached hydrogen (secondary N) is 1. The first-order valence-electron chi connectivity index (χ1n) is 9.73. The standard InChI is InChI=1S/C25H21N3S/c1-4-10-19(11-5-1)17-26-24-16-23(21-14-8-3-9-15-21)29-25-27-22(18-28(24)25)20-12-6-2-7-13-20/h1-16,18,24,26H,17H2. The number of benzene rings is 3. The highest BCUT2D eigenvalue weighted by atomic mass is 32.2. The normalized spacial score (nSPS) is 15.6. The highest BCUT2D eigenvalue weighted by Crippen LogP contribution is 2.41. The summed E-state index contributed by atoms with van der Waals surface area (Å²) in [6, 6.07) is 31.4. The quantitative estimate of drug-likeness (QED) is 0.450. The zero-order valence-corrected chi connectivity index (χ0v) is 16.7. The fourth-order valence-electron chi connectivity index (χ4n) is 3.49. The monoisotopic (exact) mass is 395 g/mol. The van der Waals surface area contributed by atoms with Gasteiger partial charge in [-0.2, -0.15) is 0 Å². The van der Waals surface area contributed by atoms with E-state index in [2.05, 4.69) is 101 Å².